The summed E-state index contributed by atoms with van der Waals surface area (Å²) in [5, 5.41) is 27.7. The van der Waals surface area contributed by atoms with Crippen LogP contribution in [0.1, 0.15) is 66.9 Å². The highest BCUT2D eigenvalue weighted by molar-refractivity contribution is 7.99. The average molecular weight is 915 g/mol. The van der Waals surface area contributed by atoms with Gasteiger partial charge in [0.25, 0.3) is 0 Å². The minimum absolute atomic E-state index is 0.180. The van der Waals surface area contributed by atoms with E-state index in [2.05, 4.69) is 36.9 Å². The first-order valence-corrected chi connectivity index (χ1v) is 21.6. The second-order valence-electron chi connectivity index (χ2n) is 16.4. The van der Waals surface area contributed by atoms with Crippen molar-refractivity contribution >= 4 is 81.9 Å². The molecule has 0 saturated carbocycles. The van der Waals surface area contributed by atoms with Gasteiger partial charge in [0.2, 0.25) is 41.4 Å². The second-order valence-corrected chi connectivity index (χ2v) is 17.4. The van der Waals surface area contributed by atoms with Crippen LogP contribution >= 0.6 is 11.8 Å². The molecule has 7 amide bonds. The van der Waals surface area contributed by atoms with E-state index in [1.165, 1.54) is 27.7 Å². The number of amides is 7. The number of thioether (sulfide) groups is 1. The highest BCUT2D eigenvalue weighted by Crippen LogP contribution is 2.33. The number of para-hydroxylation sites is 1. The molecule has 2 bridgehead atoms. The zero-order valence-electron chi connectivity index (χ0n) is 36.4. The van der Waals surface area contributed by atoms with E-state index in [1.54, 1.807) is 24.3 Å². The number of esters is 3. The van der Waals surface area contributed by atoms with Crippen molar-refractivity contribution in [2.24, 2.45) is 0 Å². The molecule has 0 aliphatic carbocycles. The van der Waals surface area contributed by atoms with Crippen molar-refractivity contribution in [3.8, 4) is 0 Å². The standard InChI is InChI=1S/C41H54N8O14S/c1-18-33(53)44-28-13-26-25-10-8-9-11-27(25)47-39(26)64-16-30(40(59)49-15-24(63-23(6)52)12-31(49)37(57)43-18)46-38(58)32(20(3)62-22(5)51)48-34(54)19(2)42-36(56)29(45-35(28)55)14-41(7,60)17-61-21(4)50/h8-11,18-20,24,28-32,47,60H,12-17H2,1-7H3,(H,42,56)(H,43,57)(H,44,53)(H,45,55)(H,46,58)(H,48,54). The number of aliphatic hydroxyl groups is 1. The van der Waals surface area contributed by atoms with Gasteiger partial charge in [0.15, 0.2) is 0 Å². The molecule has 10 unspecified atom stereocenters. The molecule has 0 radical (unpaired) electrons. The van der Waals surface area contributed by atoms with Crippen molar-refractivity contribution in [1.82, 2.24) is 41.8 Å². The maximum atomic E-state index is 14.8. The summed E-state index contributed by atoms with van der Waals surface area (Å²) in [4.78, 5) is 140. The Morgan fingerprint density at radius 2 is 1.45 bits per heavy atom. The lowest BCUT2D eigenvalue weighted by atomic mass is 9.96. The van der Waals surface area contributed by atoms with Gasteiger partial charge in [-0.15, -0.1) is 11.8 Å². The lowest BCUT2D eigenvalue weighted by Crippen LogP contribution is -2.62. The smallest absolute Gasteiger partial charge is 0.302 e. The minimum Gasteiger partial charge on any atom is -0.463 e. The van der Waals surface area contributed by atoms with E-state index >= 15 is 0 Å². The number of rotatable bonds is 7. The Labute approximate surface area is 371 Å². The largest absolute Gasteiger partial charge is 0.463 e. The zero-order chi connectivity index (χ0) is 47.2. The number of ether oxygens (including phenoxy) is 3. The summed E-state index contributed by atoms with van der Waals surface area (Å²) < 4.78 is 15.7. The molecule has 1 saturated heterocycles. The van der Waals surface area contributed by atoms with Crippen LogP contribution in [0.2, 0.25) is 0 Å². The number of nitrogens with zero attached hydrogens (tertiary/aromatic N) is 1. The third-order valence-electron chi connectivity index (χ3n) is 10.8. The van der Waals surface area contributed by atoms with Gasteiger partial charge in [-0.25, -0.2) is 0 Å². The molecular weight excluding hydrogens is 861 g/mol. The lowest BCUT2D eigenvalue weighted by molar-refractivity contribution is -0.151. The SMILES string of the molecule is CC(=O)OCC(C)(O)CC1NC(=O)C2Cc3c([nH]c4ccccc34)SCC(NC(=O)C(C(C)OC(C)=O)NC(=O)C(C)NC1=O)C(=O)N1CC(OC(C)=O)CC1C(=O)NC(C)C(=O)N2. The Balaban J connectivity index is 1.70. The van der Waals surface area contributed by atoms with E-state index in [-0.39, 0.29) is 25.1 Å². The van der Waals surface area contributed by atoms with Crippen molar-refractivity contribution in [3.63, 3.8) is 0 Å². The molecule has 10 atom stereocenters. The molecule has 23 heteroatoms. The highest BCUT2D eigenvalue weighted by atomic mass is 32.2. The summed E-state index contributed by atoms with van der Waals surface area (Å²) in [5.41, 5.74) is -0.863. The Kier molecular flexibility index (Phi) is 15.6. The van der Waals surface area contributed by atoms with Crippen LogP contribution in [0.4, 0.5) is 0 Å². The van der Waals surface area contributed by atoms with Crippen LogP contribution in [0.25, 0.3) is 10.9 Å². The van der Waals surface area contributed by atoms with Crippen molar-refractivity contribution in [2.75, 3.05) is 18.9 Å². The summed E-state index contributed by atoms with van der Waals surface area (Å²) in [7, 11) is 0. The van der Waals surface area contributed by atoms with Gasteiger partial charge in [-0.2, -0.15) is 0 Å². The lowest BCUT2D eigenvalue weighted by Gasteiger charge is -2.31. The van der Waals surface area contributed by atoms with Crippen LogP contribution in [0.5, 0.6) is 0 Å². The van der Waals surface area contributed by atoms with E-state index in [9.17, 15) is 53.1 Å². The summed E-state index contributed by atoms with van der Waals surface area (Å²) in [5.74, 6) is -8.85. The fraction of sp³-hybridized carbons (Fsp3) is 0.561. The summed E-state index contributed by atoms with van der Waals surface area (Å²) in [6, 6.07) is -3.42. The predicted octanol–water partition coefficient (Wildman–Crippen LogP) is -2.03. The first-order valence-electron chi connectivity index (χ1n) is 20.6. The Bertz CT molecular complexity index is 2200. The number of carbonyl (C=O) groups is 10. The minimum atomic E-state index is -1.94. The number of aromatic amines is 1. The van der Waals surface area contributed by atoms with Gasteiger partial charge < -0.3 is 61.1 Å². The molecule has 1 fully saturated rings. The first-order chi connectivity index (χ1) is 30.0. The van der Waals surface area contributed by atoms with Gasteiger partial charge in [0.1, 0.15) is 61.1 Å². The molecule has 22 nitrogen and oxygen atoms in total. The molecule has 0 spiro atoms. The molecule has 8 N–H and O–H groups in total. The molecule has 3 aliphatic rings. The van der Waals surface area contributed by atoms with Gasteiger partial charge in [-0.3, -0.25) is 47.9 Å². The molecule has 3 aliphatic heterocycles. The van der Waals surface area contributed by atoms with E-state index in [4.69, 9.17) is 14.2 Å². The number of benzene rings is 1. The molecule has 64 heavy (non-hydrogen) atoms. The average Bonchev–Trinajstić information content (AvgIpc) is 3.79. The van der Waals surface area contributed by atoms with E-state index in [1.807, 2.05) is 0 Å². The van der Waals surface area contributed by atoms with Crippen LogP contribution in [0.3, 0.4) is 0 Å². The van der Waals surface area contributed by atoms with Gasteiger partial charge in [-0.05, 0) is 39.3 Å². The number of hydrogen-bond acceptors (Lipinski definition) is 15. The maximum absolute atomic E-state index is 14.8. The van der Waals surface area contributed by atoms with Crippen molar-refractivity contribution in [1.29, 1.82) is 0 Å². The van der Waals surface area contributed by atoms with Gasteiger partial charge >= 0.3 is 17.9 Å². The first kappa shape index (κ1) is 48.8. The number of nitrogens with one attached hydrogen (secondary N) is 7. The van der Waals surface area contributed by atoms with Crippen molar-refractivity contribution in [3.05, 3.63) is 29.8 Å². The molecule has 5 rings (SSSR count). The number of hydrogen-bond donors (Lipinski definition) is 8. The molecule has 4 heterocycles. The number of aromatic nitrogens is 1. The van der Waals surface area contributed by atoms with E-state index in [0.29, 0.717) is 21.5 Å². The predicted molar refractivity (Wildman–Crippen MR) is 224 cm³/mol. The van der Waals surface area contributed by atoms with Gasteiger partial charge in [-0.1, -0.05) is 18.2 Å². The Hall–Kier alpha value is -6.23. The Morgan fingerprint density at radius 3 is 2.11 bits per heavy atom. The van der Waals surface area contributed by atoms with Gasteiger partial charge in [0, 0.05) is 56.7 Å². The van der Waals surface area contributed by atoms with Gasteiger partial charge in [0.05, 0.1) is 17.2 Å². The fourth-order valence-corrected chi connectivity index (χ4v) is 8.73. The van der Waals surface area contributed by atoms with Crippen LogP contribution in [0, 0.1) is 0 Å². The van der Waals surface area contributed by atoms with E-state index in [0.717, 1.165) is 37.4 Å². The number of carbonyl (C=O) groups excluding carboxylic acids is 10. The second kappa shape index (κ2) is 20.5. The van der Waals surface area contributed by atoms with Crippen LogP contribution in [-0.4, -0.2) is 153 Å². The van der Waals surface area contributed by atoms with Crippen LogP contribution in [-0.2, 0) is 68.6 Å². The molecule has 1 aromatic heterocycles. The van der Waals surface area contributed by atoms with Crippen molar-refractivity contribution in [2.45, 2.75) is 133 Å². The third-order valence-corrected chi connectivity index (χ3v) is 11.9. The topological polar surface area (TPSA) is 310 Å². The summed E-state index contributed by atoms with van der Waals surface area (Å²) in [6.07, 6.45) is -3.32. The monoisotopic (exact) mass is 914 g/mol. The molecule has 2 aromatic rings. The normalized spacial score (nSPS) is 27.8. The van der Waals surface area contributed by atoms with Crippen LogP contribution < -0.4 is 31.9 Å². The quantitative estimate of drug-likeness (QED) is 0.110. The van der Waals surface area contributed by atoms with E-state index < -0.39 is 132 Å². The maximum Gasteiger partial charge on any atom is 0.302 e. The zero-order valence-corrected chi connectivity index (χ0v) is 37.2. The van der Waals surface area contributed by atoms with Crippen molar-refractivity contribution < 1.29 is 67.3 Å². The number of H-pyrrole nitrogens is 1. The fourth-order valence-electron chi connectivity index (χ4n) is 7.62. The summed E-state index contributed by atoms with van der Waals surface area (Å²) in [6.45, 7) is 7.64. The van der Waals surface area contributed by atoms with Crippen LogP contribution in [0.15, 0.2) is 29.3 Å². The molecule has 1 aromatic carbocycles. The number of fused-ring (bicyclic) bond motifs is 5. The molecule has 348 valence electrons. The Morgan fingerprint density at radius 1 is 0.812 bits per heavy atom. The molecular formula is C41H54N8O14S. The highest BCUT2D eigenvalue weighted by Gasteiger charge is 2.45. The summed E-state index contributed by atoms with van der Waals surface area (Å²) >= 11 is 1.05. The third kappa shape index (κ3) is 12.3.